The van der Waals surface area contributed by atoms with Crippen molar-refractivity contribution in [2.45, 2.75) is 51.2 Å². The number of ether oxygens (including phenoxy) is 1. The zero-order chi connectivity index (χ0) is 18.8. The summed E-state index contributed by atoms with van der Waals surface area (Å²) >= 11 is 0. The molecule has 3 heterocycles. The molecule has 1 saturated heterocycles. The second-order valence-electron chi connectivity index (χ2n) is 5.98. The van der Waals surface area contributed by atoms with E-state index in [-0.39, 0.29) is 11.8 Å². The largest absolute Gasteiger partial charge is 0.394 e. The van der Waals surface area contributed by atoms with Crippen LogP contribution in [0.1, 0.15) is 32.9 Å². The van der Waals surface area contributed by atoms with Crippen LogP contribution in [0.4, 0.5) is 11.8 Å². The Labute approximate surface area is 149 Å². The van der Waals surface area contributed by atoms with Crippen LogP contribution >= 0.6 is 0 Å². The van der Waals surface area contributed by atoms with Gasteiger partial charge in [0.15, 0.2) is 17.7 Å². The summed E-state index contributed by atoms with van der Waals surface area (Å²) in [6.07, 6.45) is -1.34. The second-order valence-corrected chi connectivity index (χ2v) is 5.98. The maximum absolute atomic E-state index is 10.2. The minimum atomic E-state index is -1.25. The molecule has 2 aromatic heterocycles. The lowest BCUT2D eigenvalue weighted by molar-refractivity contribution is -0.0511. The molecule has 26 heavy (non-hydrogen) atoms. The van der Waals surface area contributed by atoms with E-state index >= 15 is 0 Å². The average Bonchev–Trinajstić information content (AvgIpc) is 3.18. The Hall–Kier alpha value is -2.34. The highest BCUT2D eigenvalue weighted by Crippen LogP contribution is 2.32. The number of hydrogen-bond acceptors (Lipinski definition) is 10. The molecule has 0 aromatic carbocycles. The van der Waals surface area contributed by atoms with Crippen molar-refractivity contribution in [1.82, 2.24) is 19.5 Å². The first-order valence-corrected chi connectivity index (χ1v) is 8.44. The van der Waals surface area contributed by atoms with Gasteiger partial charge in [0.2, 0.25) is 5.95 Å². The molecular formula is C15H23N7O4. The molecule has 6 N–H and O–H groups in total. The van der Waals surface area contributed by atoms with Gasteiger partial charge in [-0.1, -0.05) is 13.8 Å². The van der Waals surface area contributed by atoms with Crippen LogP contribution in [-0.4, -0.2) is 65.5 Å². The first kappa shape index (κ1) is 18.5. The number of nitrogens with zero attached hydrogens (tertiary/aromatic N) is 5. The molecule has 0 radical (unpaired) electrons. The minimum absolute atomic E-state index is 0.146. The highest BCUT2D eigenvalue weighted by molar-refractivity contribution is 5.85. The molecule has 1 aliphatic heterocycles. The van der Waals surface area contributed by atoms with Crippen molar-refractivity contribution in [2.24, 2.45) is 5.10 Å². The van der Waals surface area contributed by atoms with E-state index in [1.807, 2.05) is 13.8 Å². The number of hydrogen-bond donors (Lipinski definition) is 5. The van der Waals surface area contributed by atoms with E-state index < -0.39 is 31.1 Å². The molecule has 4 atom stereocenters. The number of aromatic nitrogens is 4. The lowest BCUT2D eigenvalue weighted by Crippen LogP contribution is -2.33. The number of nitrogen functional groups attached to an aromatic ring is 1. The summed E-state index contributed by atoms with van der Waals surface area (Å²) < 4.78 is 6.97. The van der Waals surface area contributed by atoms with Crippen LogP contribution in [0.25, 0.3) is 11.2 Å². The molecule has 0 saturated carbocycles. The van der Waals surface area contributed by atoms with E-state index in [0.717, 1.165) is 18.6 Å². The van der Waals surface area contributed by atoms with Crippen molar-refractivity contribution in [3.8, 4) is 0 Å². The Morgan fingerprint density at radius 2 is 2.04 bits per heavy atom. The number of anilines is 2. The summed E-state index contributed by atoms with van der Waals surface area (Å²) in [6, 6.07) is 0. The van der Waals surface area contributed by atoms with Gasteiger partial charge in [0.25, 0.3) is 0 Å². The van der Waals surface area contributed by atoms with Gasteiger partial charge in [-0.25, -0.2) is 10.4 Å². The van der Waals surface area contributed by atoms with Crippen molar-refractivity contribution < 1.29 is 20.1 Å². The van der Waals surface area contributed by atoms with Crippen LogP contribution in [-0.2, 0) is 4.74 Å². The Kier molecular flexibility index (Phi) is 5.32. The summed E-state index contributed by atoms with van der Waals surface area (Å²) in [4.78, 5) is 12.6. The van der Waals surface area contributed by atoms with Crippen molar-refractivity contribution in [1.29, 1.82) is 0 Å². The Morgan fingerprint density at radius 1 is 1.31 bits per heavy atom. The molecule has 0 spiro atoms. The van der Waals surface area contributed by atoms with E-state index in [1.165, 1.54) is 10.9 Å². The fourth-order valence-electron chi connectivity index (χ4n) is 2.82. The topological polar surface area (TPSA) is 164 Å². The molecule has 2 aromatic rings. The third-order valence-corrected chi connectivity index (χ3v) is 4.37. The van der Waals surface area contributed by atoms with Crippen molar-refractivity contribution in [3.63, 3.8) is 0 Å². The zero-order valence-electron chi connectivity index (χ0n) is 14.6. The van der Waals surface area contributed by atoms with Gasteiger partial charge in [0.05, 0.1) is 12.9 Å². The zero-order valence-corrected chi connectivity index (χ0v) is 14.6. The lowest BCUT2D eigenvalue weighted by Gasteiger charge is -2.16. The summed E-state index contributed by atoms with van der Waals surface area (Å²) in [5.74, 6) is 0.329. The quantitative estimate of drug-likeness (QED) is 0.338. The number of aliphatic hydroxyl groups excluding tert-OH is 3. The molecule has 1 fully saturated rings. The van der Waals surface area contributed by atoms with Crippen LogP contribution in [0.5, 0.6) is 0 Å². The third kappa shape index (κ3) is 3.21. The summed E-state index contributed by atoms with van der Waals surface area (Å²) in [5.41, 5.74) is 10.3. The number of fused-ring (bicyclic) bond motifs is 1. The van der Waals surface area contributed by atoms with E-state index in [9.17, 15) is 15.3 Å². The van der Waals surface area contributed by atoms with Gasteiger partial charge in [0, 0.05) is 5.71 Å². The Balaban J connectivity index is 1.97. The maximum atomic E-state index is 10.2. The van der Waals surface area contributed by atoms with Gasteiger partial charge in [-0.2, -0.15) is 15.1 Å². The molecule has 3 rings (SSSR count). The van der Waals surface area contributed by atoms with Crippen molar-refractivity contribution >= 4 is 28.6 Å². The number of rotatable bonds is 6. The predicted molar refractivity (Wildman–Crippen MR) is 94.4 cm³/mol. The fraction of sp³-hybridized carbons (Fsp3) is 0.600. The molecule has 0 amide bonds. The summed E-state index contributed by atoms with van der Waals surface area (Å²) in [5, 5.41) is 33.7. The van der Waals surface area contributed by atoms with Gasteiger partial charge in [-0.15, -0.1) is 0 Å². The first-order valence-electron chi connectivity index (χ1n) is 8.44. The summed E-state index contributed by atoms with van der Waals surface area (Å²) in [6.45, 7) is 3.58. The van der Waals surface area contributed by atoms with Crippen LogP contribution in [0.3, 0.4) is 0 Å². The third-order valence-electron chi connectivity index (χ3n) is 4.37. The maximum Gasteiger partial charge on any atom is 0.247 e. The normalized spacial score (nSPS) is 25.6. The second kappa shape index (κ2) is 7.50. The first-order chi connectivity index (χ1) is 12.5. The highest BCUT2D eigenvalue weighted by Gasteiger charge is 2.44. The number of nitrogens with one attached hydrogen (secondary N) is 1. The van der Waals surface area contributed by atoms with Gasteiger partial charge in [-0.3, -0.25) is 4.57 Å². The molecule has 0 unspecified atom stereocenters. The molecule has 11 heteroatoms. The predicted octanol–water partition coefficient (Wildman–Crippen LogP) is -0.392. The number of aliphatic hydroxyl groups is 3. The van der Waals surface area contributed by atoms with Crippen LogP contribution in [0.15, 0.2) is 11.4 Å². The van der Waals surface area contributed by atoms with E-state index in [0.29, 0.717) is 11.2 Å². The van der Waals surface area contributed by atoms with Gasteiger partial charge in [-0.05, 0) is 12.8 Å². The SMILES string of the molecule is CCC(CC)=NNc1nc(N)c2ncn([C@@H]3O[C@H](CO)[C@@H](O)[C@H]3O)c2n1. The number of nitrogens with two attached hydrogens (primary N) is 1. The lowest BCUT2D eigenvalue weighted by atomic mass is 10.1. The Morgan fingerprint density at radius 3 is 2.65 bits per heavy atom. The van der Waals surface area contributed by atoms with E-state index in [2.05, 4.69) is 25.5 Å². The summed E-state index contributed by atoms with van der Waals surface area (Å²) in [7, 11) is 0. The molecule has 0 bridgehead atoms. The molecular weight excluding hydrogens is 342 g/mol. The van der Waals surface area contributed by atoms with Crippen molar-refractivity contribution in [3.05, 3.63) is 6.33 Å². The smallest absolute Gasteiger partial charge is 0.247 e. The Bertz CT molecular complexity index is 803. The fourth-order valence-corrected chi connectivity index (χ4v) is 2.82. The van der Waals surface area contributed by atoms with Gasteiger partial charge < -0.3 is 25.8 Å². The van der Waals surface area contributed by atoms with E-state index in [1.54, 1.807) is 0 Å². The standard InChI is InChI=1S/C15H23N7O4/c1-3-7(4-2)20-21-15-18-12(16)9-13(19-15)22(6-17-9)14-11(25)10(24)8(5-23)26-14/h6,8,10-11,14,23-25H,3-5H2,1-2H3,(H3,16,18,19,21)/t8-,10-,11-,14-/m1/s1. The van der Waals surface area contributed by atoms with Gasteiger partial charge in [0.1, 0.15) is 23.8 Å². The minimum Gasteiger partial charge on any atom is -0.394 e. The molecule has 142 valence electrons. The van der Waals surface area contributed by atoms with Crippen molar-refractivity contribution in [2.75, 3.05) is 17.8 Å². The molecule has 0 aliphatic carbocycles. The van der Waals surface area contributed by atoms with Crippen LogP contribution in [0.2, 0.25) is 0 Å². The highest BCUT2D eigenvalue weighted by atomic mass is 16.6. The van der Waals surface area contributed by atoms with Gasteiger partial charge >= 0.3 is 0 Å². The van der Waals surface area contributed by atoms with E-state index in [4.69, 9.17) is 10.5 Å². The monoisotopic (exact) mass is 365 g/mol. The average molecular weight is 365 g/mol. The van der Waals surface area contributed by atoms with Crippen LogP contribution in [0, 0.1) is 0 Å². The number of hydrazone groups is 1. The number of imidazole rings is 1. The van der Waals surface area contributed by atoms with Crippen LogP contribution < -0.4 is 11.2 Å². The molecule has 1 aliphatic rings. The molecule has 11 nitrogen and oxygen atoms in total.